The quantitative estimate of drug-likeness (QED) is 0.326. The highest BCUT2D eigenvalue weighted by Crippen LogP contribution is 2.25. The molecule has 8 heteroatoms. The van der Waals surface area contributed by atoms with Crippen LogP contribution in [-0.4, -0.2) is 46.6 Å². The Labute approximate surface area is 228 Å². The molecular formula is C31H35F2N3O3. The second-order valence-electron chi connectivity index (χ2n) is 9.98. The van der Waals surface area contributed by atoms with E-state index in [2.05, 4.69) is 29.7 Å². The molecule has 3 aromatic carbocycles. The highest BCUT2D eigenvalue weighted by molar-refractivity contribution is 6.01. The van der Waals surface area contributed by atoms with Crippen LogP contribution in [0.4, 0.5) is 8.78 Å². The van der Waals surface area contributed by atoms with Gasteiger partial charge in [-0.2, -0.15) is 0 Å². The van der Waals surface area contributed by atoms with Crippen LogP contribution < -0.4 is 10.6 Å². The van der Waals surface area contributed by atoms with Crippen molar-refractivity contribution in [2.24, 2.45) is 0 Å². The number of halogens is 2. The number of hydrogen-bond acceptors (Lipinski definition) is 4. The number of carbonyl (C=O) groups excluding carboxylic acids is 2. The maximum absolute atomic E-state index is 13.9. The first-order chi connectivity index (χ1) is 18.8. The van der Waals surface area contributed by atoms with Crippen LogP contribution in [0.2, 0.25) is 0 Å². The minimum Gasteiger partial charge on any atom is -0.390 e. The maximum atomic E-state index is 13.9. The smallest absolute Gasteiger partial charge is 0.255 e. The Balaban J connectivity index is 1.47. The van der Waals surface area contributed by atoms with Crippen LogP contribution in [0.5, 0.6) is 0 Å². The van der Waals surface area contributed by atoms with E-state index in [9.17, 15) is 23.5 Å². The van der Waals surface area contributed by atoms with E-state index in [0.29, 0.717) is 30.6 Å². The standard InChI is InChI=1S/C31H35F2N3O3/c1-3-20-8-7-9-21(12-20)17-34-18-29(37)27(15-22-13-24(32)16-25(33)14-22)35-30(38)28(4-2)36-19-23-10-5-6-11-26(23)31(36)39/h5-14,16,27-29,34,37H,3-4,15,17-19H2,1-2H3,(H,35,38). The number of nitrogens with one attached hydrogen (secondary N) is 2. The van der Waals surface area contributed by atoms with Crippen LogP contribution in [0.15, 0.2) is 66.7 Å². The number of aliphatic hydroxyl groups excluding tert-OH is 1. The number of amides is 2. The second-order valence-corrected chi connectivity index (χ2v) is 9.98. The first-order valence-electron chi connectivity index (χ1n) is 13.4. The molecule has 0 fully saturated rings. The van der Waals surface area contributed by atoms with Gasteiger partial charge in [-0.15, -0.1) is 0 Å². The second kappa shape index (κ2) is 13.0. The lowest BCUT2D eigenvalue weighted by molar-refractivity contribution is -0.127. The van der Waals surface area contributed by atoms with Gasteiger partial charge in [0.05, 0.1) is 12.1 Å². The molecular weight excluding hydrogens is 500 g/mol. The number of aliphatic hydroxyl groups is 1. The summed E-state index contributed by atoms with van der Waals surface area (Å²) in [4.78, 5) is 28.0. The van der Waals surface area contributed by atoms with E-state index < -0.39 is 35.7 Å². The number of carbonyl (C=O) groups is 2. The molecule has 0 aliphatic carbocycles. The van der Waals surface area contributed by atoms with E-state index in [0.717, 1.165) is 23.6 Å². The van der Waals surface area contributed by atoms with Gasteiger partial charge in [0, 0.05) is 31.3 Å². The molecule has 0 spiro atoms. The third-order valence-electron chi connectivity index (χ3n) is 7.17. The monoisotopic (exact) mass is 535 g/mol. The molecule has 3 aromatic rings. The summed E-state index contributed by atoms with van der Waals surface area (Å²) in [6.07, 6.45) is 0.241. The third kappa shape index (κ3) is 7.07. The zero-order chi connectivity index (χ0) is 27.9. The summed E-state index contributed by atoms with van der Waals surface area (Å²) in [6, 6.07) is 16.9. The Kier molecular flexibility index (Phi) is 9.43. The molecule has 2 amide bonds. The molecule has 4 rings (SSSR count). The first kappa shape index (κ1) is 28.4. The van der Waals surface area contributed by atoms with Gasteiger partial charge < -0.3 is 20.6 Å². The summed E-state index contributed by atoms with van der Waals surface area (Å²) >= 11 is 0. The van der Waals surface area contributed by atoms with Gasteiger partial charge in [-0.1, -0.05) is 56.3 Å². The topological polar surface area (TPSA) is 81.7 Å². The highest BCUT2D eigenvalue weighted by atomic mass is 19.1. The fraction of sp³-hybridized carbons (Fsp3) is 0.355. The van der Waals surface area contributed by atoms with E-state index in [-0.39, 0.29) is 18.9 Å². The fourth-order valence-electron chi connectivity index (χ4n) is 5.09. The Morgan fingerprint density at radius 1 is 0.974 bits per heavy atom. The van der Waals surface area contributed by atoms with E-state index in [1.165, 1.54) is 22.6 Å². The Morgan fingerprint density at radius 2 is 1.69 bits per heavy atom. The number of rotatable bonds is 12. The summed E-state index contributed by atoms with van der Waals surface area (Å²) < 4.78 is 27.8. The van der Waals surface area contributed by atoms with Gasteiger partial charge in [0.2, 0.25) is 5.91 Å². The van der Waals surface area contributed by atoms with Gasteiger partial charge in [-0.05, 0) is 59.7 Å². The molecule has 0 radical (unpaired) electrons. The summed E-state index contributed by atoms with van der Waals surface area (Å²) in [6.45, 7) is 4.88. The van der Waals surface area contributed by atoms with E-state index in [1.54, 1.807) is 12.1 Å². The largest absolute Gasteiger partial charge is 0.390 e. The zero-order valence-electron chi connectivity index (χ0n) is 22.3. The van der Waals surface area contributed by atoms with Gasteiger partial charge in [0.15, 0.2) is 0 Å². The number of fused-ring (bicyclic) bond motifs is 1. The molecule has 1 aliphatic rings. The number of benzene rings is 3. The minimum absolute atomic E-state index is 0.0131. The van der Waals surface area contributed by atoms with Crippen molar-refractivity contribution in [2.75, 3.05) is 6.54 Å². The molecule has 0 bridgehead atoms. The van der Waals surface area contributed by atoms with Crippen molar-refractivity contribution in [3.63, 3.8) is 0 Å². The summed E-state index contributed by atoms with van der Waals surface area (Å²) in [7, 11) is 0. The zero-order valence-corrected chi connectivity index (χ0v) is 22.3. The lowest BCUT2D eigenvalue weighted by atomic mass is 9.99. The molecule has 1 heterocycles. The lowest BCUT2D eigenvalue weighted by Gasteiger charge is -2.30. The summed E-state index contributed by atoms with van der Waals surface area (Å²) in [5, 5.41) is 17.2. The van der Waals surface area contributed by atoms with Gasteiger partial charge >= 0.3 is 0 Å². The molecule has 1 aliphatic heterocycles. The molecule has 0 saturated carbocycles. The number of hydrogen-bond donors (Lipinski definition) is 3. The summed E-state index contributed by atoms with van der Waals surface area (Å²) in [5.41, 5.74) is 4.01. The minimum atomic E-state index is -1.06. The van der Waals surface area contributed by atoms with Gasteiger partial charge in [-0.25, -0.2) is 8.78 Å². The van der Waals surface area contributed by atoms with Crippen LogP contribution in [0.1, 0.15) is 52.9 Å². The van der Waals surface area contributed by atoms with Crippen molar-refractivity contribution >= 4 is 11.8 Å². The average Bonchev–Trinajstić information content (AvgIpc) is 3.24. The van der Waals surface area contributed by atoms with Crippen molar-refractivity contribution in [3.05, 3.63) is 106 Å². The van der Waals surface area contributed by atoms with Crippen LogP contribution >= 0.6 is 0 Å². The van der Waals surface area contributed by atoms with Crippen LogP contribution in [0, 0.1) is 11.6 Å². The molecule has 3 atom stereocenters. The molecule has 0 aromatic heterocycles. The summed E-state index contributed by atoms with van der Waals surface area (Å²) in [5.74, 6) is -2.10. The van der Waals surface area contributed by atoms with Gasteiger partial charge in [0.1, 0.15) is 17.7 Å². The Hall–Kier alpha value is -3.62. The Morgan fingerprint density at radius 3 is 2.38 bits per heavy atom. The normalized spacial score (nSPS) is 15.1. The molecule has 3 N–H and O–H groups in total. The Bertz CT molecular complexity index is 1300. The van der Waals surface area contributed by atoms with Crippen LogP contribution in [0.3, 0.4) is 0 Å². The van der Waals surface area contributed by atoms with Crippen molar-refractivity contribution in [3.8, 4) is 0 Å². The molecule has 0 saturated heterocycles. The van der Waals surface area contributed by atoms with Crippen molar-refractivity contribution in [1.82, 2.24) is 15.5 Å². The van der Waals surface area contributed by atoms with Crippen LogP contribution in [0.25, 0.3) is 0 Å². The number of aryl methyl sites for hydroxylation is 1. The predicted molar refractivity (Wildman–Crippen MR) is 146 cm³/mol. The fourth-order valence-corrected chi connectivity index (χ4v) is 5.09. The lowest BCUT2D eigenvalue weighted by Crippen LogP contribution is -2.54. The molecule has 3 unspecified atom stereocenters. The van der Waals surface area contributed by atoms with Gasteiger partial charge in [-0.3, -0.25) is 9.59 Å². The SMILES string of the molecule is CCc1cccc(CNCC(O)C(Cc2cc(F)cc(F)c2)NC(=O)C(CC)N2Cc3ccccc3C2=O)c1. The predicted octanol–water partition coefficient (Wildman–Crippen LogP) is 4.14. The van der Waals surface area contributed by atoms with Crippen molar-refractivity contribution in [2.45, 2.75) is 64.4 Å². The van der Waals surface area contributed by atoms with Crippen molar-refractivity contribution < 1.29 is 23.5 Å². The number of nitrogens with zero attached hydrogens (tertiary/aromatic N) is 1. The highest BCUT2D eigenvalue weighted by Gasteiger charge is 2.36. The maximum Gasteiger partial charge on any atom is 0.255 e. The van der Waals surface area contributed by atoms with Crippen molar-refractivity contribution in [1.29, 1.82) is 0 Å². The van der Waals surface area contributed by atoms with Gasteiger partial charge in [0.25, 0.3) is 5.91 Å². The van der Waals surface area contributed by atoms with E-state index in [1.807, 2.05) is 31.2 Å². The van der Waals surface area contributed by atoms with E-state index >= 15 is 0 Å². The molecule has 6 nitrogen and oxygen atoms in total. The van der Waals surface area contributed by atoms with E-state index in [4.69, 9.17) is 0 Å². The first-order valence-corrected chi connectivity index (χ1v) is 13.4. The molecule has 39 heavy (non-hydrogen) atoms. The molecule has 206 valence electrons. The average molecular weight is 536 g/mol. The van der Waals surface area contributed by atoms with Crippen LogP contribution in [-0.2, 0) is 30.7 Å². The third-order valence-corrected chi connectivity index (χ3v) is 7.17.